The summed E-state index contributed by atoms with van der Waals surface area (Å²) in [4.78, 5) is 9.18. The van der Waals surface area contributed by atoms with Gasteiger partial charge in [-0.3, -0.25) is 0 Å². The van der Waals surface area contributed by atoms with Gasteiger partial charge in [-0.2, -0.15) is 0 Å². The van der Waals surface area contributed by atoms with Crippen molar-refractivity contribution in [1.29, 1.82) is 0 Å². The molecule has 1 fully saturated rings. The van der Waals surface area contributed by atoms with Crippen LogP contribution in [0.2, 0.25) is 0 Å². The molecule has 1 saturated carbocycles. The molecule has 1 radical (unpaired) electrons. The van der Waals surface area contributed by atoms with E-state index in [1.165, 1.54) is 46.2 Å². The molecule has 1 aliphatic rings. The van der Waals surface area contributed by atoms with Crippen LogP contribution in [0, 0.1) is 19.1 Å². The zero-order chi connectivity index (χ0) is 36.0. The van der Waals surface area contributed by atoms with E-state index < -0.39 is 5.89 Å². The minimum atomic E-state index is -0.455. The van der Waals surface area contributed by atoms with Crippen LogP contribution in [0.5, 0.6) is 0 Å². The van der Waals surface area contributed by atoms with Gasteiger partial charge in [0.05, 0.1) is 0 Å². The molecule has 7 aromatic rings. The van der Waals surface area contributed by atoms with Crippen LogP contribution >= 0.6 is 0 Å². The van der Waals surface area contributed by atoms with E-state index >= 15 is 0 Å². The Bertz CT molecular complexity index is 2290. The van der Waals surface area contributed by atoms with Crippen LogP contribution in [0.1, 0.15) is 68.0 Å². The Kier molecular flexibility index (Phi) is 11.4. The van der Waals surface area contributed by atoms with Gasteiger partial charge in [0, 0.05) is 33.9 Å². The Morgan fingerprint density at radius 1 is 0.566 bits per heavy atom. The number of hydrogen-bond donors (Lipinski definition) is 0. The van der Waals surface area contributed by atoms with Crippen molar-refractivity contribution in [2.45, 2.75) is 64.2 Å². The molecule has 0 aliphatic heterocycles. The molecule has 0 bridgehead atoms. The fourth-order valence-corrected chi connectivity index (χ4v) is 7.58. The van der Waals surface area contributed by atoms with E-state index in [0.717, 1.165) is 83.3 Å². The van der Waals surface area contributed by atoms with E-state index in [9.17, 15) is 0 Å². The van der Waals surface area contributed by atoms with E-state index in [1.807, 2.05) is 30.6 Å². The Labute approximate surface area is 330 Å². The quantitative estimate of drug-likeness (QED) is 0.107. The van der Waals surface area contributed by atoms with Gasteiger partial charge in [0.15, 0.2) is 0 Å². The zero-order valence-electron chi connectivity index (χ0n) is 31.2. The minimum Gasteiger partial charge on any atom is -0.305 e. The summed E-state index contributed by atoms with van der Waals surface area (Å²) in [7, 11) is 0. The van der Waals surface area contributed by atoms with Crippen LogP contribution in [-0.4, -0.2) is 9.97 Å². The van der Waals surface area contributed by atoms with Crippen LogP contribution in [0.25, 0.3) is 55.9 Å². The van der Waals surface area contributed by atoms with E-state index in [4.69, 9.17) is 6.35 Å². The standard InChI is InChI=1S/C50H44N2.Ir/c1-36-32-38(16-15-37-17-19-43(20-18-37)49-14-8-9-30-51-49)34-46(33-36)48-13-7-6-12-47(48)42-25-27-44(28-26-42)50-35-45(29-31-52-50)41-23-21-40(22-24-41)39-10-4-2-3-5-11-39;/h6-9,12-14,17-19,21-27,29-35,39H,2-5,10-11,15-16H2,1H3;/q-2;/i39D;. The van der Waals surface area contributed by atoms with E-state index in [-0.39, 0.29) is 20.1 Å². The van der Waals surface area contributed by atoms with Crippen LogP contribution in [0.4, 0.5) is 0 Å². The first kappa shape index (κ1) is 35.1. The van der Waals surface area contributed by atoms with Crippen molar-refractivity contribution >= 4 is 0 Å². The van der Waals surface area contributed by atoms with E-state index in [0.29, 0.717) is 0 Å². The normalized spacial score (nSPS) is 14.1. The molecule has 0 spiro atoms. The second kappa shape index (κ2) is 17.3. The first-order chi connectivity index (χ1) is 26.0. The number of nitrogens with zero attached hydrogens (tertiary/aromatic N) is 2. The predicted octanol–water partition coefficient (Wildman–Crippen LogP) is 12.9. The van der Waals surface area contributed by atoms with Gasteiger partial charge in [-0.15, -0.1) is 65.2 Å². The average molecular weight is 866 g/mol. The maximum atomic E-state index is 9.14. The monoisotopic (exact) mass is 866 g/mol. The third-order valence-electron chi connectivity index (χ3n) is 10.4. The second-order valence-corrected chi connectivity index (χ2v) is 14.1. The van der Waals surface area contributed by atoms with Gasteiger partial charge in [-0.25, -0.2) is 0 Å². The number of aromatic nitrogens is 2. The third-order valence-corrected chi connectivity index (χ3v) is 10.4. The minimum absolute atomic E-state index is 0. The summed E-state index contributed by atoms with van der Waals surface area (Å²) in [6, 6.07) is 54.3. The first-order valence-corrected chi connectivity index (χ1v) is 18.7. The molecule has 8 rings (SSSR count). The molecule has 2 nitrogen and oxygen atoms in total. The van der Waals surface area contributed by atoms with Gasteiger partial charge in [-0.1, -0.05) is 134 Å². The molecule has 0 saturated heterocycles. The molecule has 2 aromatic heterocycles. The van der Waals surface area contributed by atoms with E-state index in [2.05, 4.69) is 139 Å². The smallest absolute Gasteiger partial charge is 0.0352 e. The molecule has 1 aliphatic carbocycles. The molecular formula is C50H44IrN2-2. The summed E-state index contributed by atoms with van der Waals surface area (Å²) in [5.74, 6) is -0.455. The largest absolute Gasteiger partial charge is 0.305 e. The summed E-state index contributed by atoms with van der Waals surface area (Å²) in [6.07, 6.45) is 12.3. The van der Waals surface area contributed by atoms with Gasteiger partial charge in [0.25, 0.3) is 0 Å². The molecule has 53 heavy (non-hydrogen) atoms. The Morgan fingerprint density at radius 2 is 1.25 bits per heavy atom. The van der Waals surface area contributed by atoms with Gasteiger partial charge in [0.2, 0.25) is 0 Å². The van der Waals surface area contributed by atoms with Crippen molar-refractivity contribution in [3.63, 3.8) is 0 Å². The molecular weight excluding hydrogens is 821 g/mol. The molecule has 5 aromatic carbocycles. The SMILES string of the molecule is [2H]C1(c2ccc(-c3ccnc(-c4[c-]cc(-c5ccccc5-c5cc(C)cc(CCc6c[c-]c(-c7ccccn7)cc6)c5)cc4)c3)cc2)CCCCCC1.[Ir]. The molecule has 3 heteroatoms. The number of hydrogen-bond acceptors (Lipinski definition) is 2. The van der Waals surface area contributed by atoms with Gasteiger partial charge >= 0.3 is 0 Å². The number of rotatable bonds is 9. The maximum absolute atomic E-state index is 9.14. The first-order valence-electron chi connectivity index (χ1n) is 19.2. The van der Waals surface area contributed by atoms with Crippen molar-refractivity contribution in [2.24, 2.45) is 0 Å². The Hall–Kier alpha value is -4.95. The summed E-state index contributed by atoms with van der Waals surface area (Å²) in [5, 5.41) is 0. The maximum Gasteiger partial charge on any atom is 0.0352 e. The Balaban J connectivity index is 0.00000450. The number of aryl methyl sites for hydroxylation is 3. The topological polar surface area (TPSA) is 25.8 Å². The van der Waals surface area contributed by atoms with Crippen LogP contribution < -0.4 is 0 Å². The van der Waals surface area contributed by atoms with Crippen molar-refractivity contribution in [1.82, 2.24) is 9.97 Å². The van der Waals surface area contributed by atoms with Gasteiger partial charge in [0.1, 0.15) is 0 Å². The fourth-order valence-electron chi connectivity index (χ4n) is 7.58. The van der Waals surface area contributed by atoms with Gasteiger partial charge < -0.3 is 9.97 Å². The van der Waals surface area contributed by atoms with Crippen LogP contribution in [0.3, 0.4) is 0 Å². The van der Waals surface area contributed by atoms with Crippen molar-refractivity contribution < 1.29 is 21.5 Å². The van der Waals surface area contributed by atoms with Crippen LogP contribution in [-0.2, 0) is 32.9 Å². The van der Waals surface area contributed by atoms with E-state index in [1.54, 1.807) is 0 Å². The summed E-state index contributed by atoms with van der Waals surface area (Å²) < 4.78 is 9.14. The third kappa shape index (κ3) is 8.82. The van der Waals surface area contributed by atoms with Crippen molar-refractivity contribution in [2.75, 3.05) is 0 Å². The average Bonchev–Trinajstić information content (AvgIpc) is 3.45. The molecule has 0 atom stereocenters. The predicted molar refractivity (Wildman–Crippen MR) is 216 cm³/mol. The summed E-state index contributed by atoms with van der Waals surface area (Å²) in [6.45, 7) is 2.19. The van der Waals surface area contributed by atoms with Crippen molar-refractivity contribution in [3.8, 4) is 55.9 Å². The molecule has 0 unspecified atom stereocenters. The molecule has 0 N–H and O–H groups in total. The van der Waals surface area contributed by atoms with Gasteiger partial charge in [-0.05, 0) is 89.0 Å². The summed E-state index contributed by atoms with van der Waals surface area (Å²) >= 11 is 0. The number of benzene rings is 5. The summed E-state index contributed by atoms with van der Waals surface area (Å²) in [5.41, 5.74) is 15.9. The fraction of sp³-hybridized carbons (Fsp3) is 0.200. The molecule has 2 heterocycles. The number of pyridine rings is 2. The van der Waals surface area contributed by atoms with Crippen molar-refractivity contribution in [3.05, 3.63) is 180 Å². The van der Waals surface area contributed by atoms with Crippen LogP contribution in [0.15, 0.2) is 146 Å². The zero-order valence-corrected chi connectivity index (χ0v) is 32.6. The Morgan fingerprint density at radius 3 is 1.96 bits per heavy atom. The molecule has 0 amide bonds. The molecule has 265 valence electrons. The second-order valence-electron chi connectivity index (χ2n) is 14.1.